The number of aldehydes is 1. The van der Waals surface area contributed by atoms with Crippen LogP contribution >= 0.6 is 0 Å². The number of hydrogen-bond acceptors (Lipinski definition) is 7. The van der Waals surface area contributed by atoms with Crippen LogP contribution in [0.4, 0.5) is 5.69 Å². The number of rotatable bonds is 8. The van der Waals surface area contributed by atoms with Gasteiger partial charge < -0.3 is 20.1 Å². The van der Waals surface area contributed by atoms with Crippen molar-refractivity contribution in [2.45, 2.75) is 38.3 Å². The summed E-state index contributed by atoms with van der Waals surface area (Å²) < 4.78 is 3.39. The topological polar surface area (TPSA) is 118 Å². The molecule has 1 saturated heterocycles. The molecule has 10 heteroatoms. The summed E-state index contributed by atoms with van der Waals surface area (Å²) in [5.74, 6) is -0.0508. The standard InChI is InChI=1S/C28H33N7O3/c1-28(2,38)21-9-11-34(12-10-21)17-23(18-36)35-16-19-13-22(7-8-25(19)32-35)30-27(37)26-6-4-5-24(31-26)20-14-29-33(3)15-20/h4-8,13-16,18,21,23,38H,9-12,17H2,1-3H3,(H,30,37). The number of pyridine rings is 1. The van der Waals surface area contributed by atoms with Gasteiger partial charge in [0.15, 0.2) is 0 Å². The molecule has 2 N–H and O–H groups in total. The number of aryl methyl sites for hydroxylation is 1. The second-order valence-corrected chi connectivity index (χ2v) is 10.6. The third-order valence-electron chi connectivity index (χ3n) is 7.29. The summed E-state index contributed by atoms with van der Waals surface area (Å²) in [4.78, 5) is 31.6. The van der Waals surface area contributed by atoms with Crippen molar-refractivity contribution in [3.63, 3.8) is 0 Å². The summed E-state index contributed by atoms with van der Waals surface area (Å²) in [5, 5.41) is 22.8. The van der Waals surface area contributed by atoms with Crippen molar-refractivity contribution in [2.24, 2.45) is 13.0 Å². The van der Waals surface area contributed by atoms with Crippen molar-refractivity contribution >= 4 is 28.8 Å². The summed E-state index contributed by atoms with van der Waals surface area (Å²) in [6.07, 6.45) is 8.13. The number of nitrogens with one attached hydrogen (secondary N) is 1. The van der Waals surface area contributed by atoms with Crippen LogP contribution in [0.1, 0.15) is 43.2 Å². The van der Waals surface area contributed by atoms with E-state index in [0.717, 1.165) is 48.7 Å². The maximum absolute atomic E-state index is 12.9. The third kappa shape index (κ3) is 5.66. The minimum Gasteiger partial charge on any atom is -0.390 e. The number of aliphatic hydroxyl groups is 1. The molecule has 1 unspecified atom stereocenters. The van der Waals surface area contributed by atoms with Gasteiger partial charge in [0.1, 0.15) is 18.0 Å². The van der Waals surface area contributed by atoms with Crippen molar-refractivity contribution in [1.29, 1.82) is 0 Å². The fourth-order valence-corrected chi connectivity index (χ4v) is 5.04. The molecule has 1 atom stereocenters. The highest BCUT2D eigenvalue weighted by Gasteiger charge is 2.31. The fraction of sp³-hybridized carbons (Fsp3) is 0.393. The van der Waals surface area contributed by atoms with Crippen LogP contribution in [0.3, 0.4) is 0 Å². The van der Waals surface area contributed by atoms with E-state index in [1.807, 2.05) is 51.5 Å². The summed E-state index contributed by atoms with van der Waals surface area (Å²) in [5.41, 5.74) is 2.49. The van der Waals surface area contributed by atoms with Gasteiger partial charge in [-0.25, -0.2) is 4.98 Å². The van der Waals surface area contributed by atoms with Gasteiger partial charge in [-0.15, -0.1) is 0 Å². The first-order chi connectivity index (χ1) is 18.2. The zero-order chi connectivity index (χ0) is 26.9. The number of amides is 1. The SMILES string of the molecule is Cn1cc(-c2cccc(C(=O)Nc3ccc4nn(C(C=O)CN5CCC(C(C)(C)O)CC5)cc4c3)n2)cn1. The van der Waals surface area contributed by atoms with Crippen LogP contribution in [0, 0.1) is 5.92 Å². The Bertz CT molecular complexity index is 1440. The monoisotopic (exact) mass is 515 g/mol. The molecule has 1 aliphatic heterocycles. The highest BCUT2D eigenvalue weighted by molar-refractivity contribution is 6.04. The number of hydrogen-bond donors (Lipinski definition) is 2. The number of piperidine rings is 1. The first-order valence-corrected chi connectivity index (χ1v) is 12.9. The lowest BCUT2D eigenvalue weighted by Crippen LogP contribution is -2.43. The molecular weight excluding hydrogens is 482 g/mol. The molecule has 1 aromatic carbocycles. The largest absolute Gasteiger partial charge is 0.390 e. The van der Waals surface area contributed by atoms with E-state index in [-0.39, 0.29) is 11.8 Å². The van der Waals surface area contributed by atoms with E-state index in [1.54, 1.807) is 33.8 Å². The van der Waals surface area contributed by atoms with E-state index in [0.29, 0.717) is 23.6 Å². The zero-order valence-corrected chi connectivity index (χ0v) is 21.9. The molecule has 0 aliphatic carbocycles. The molecule has 1 aliphatic rings. The van der Waals surface area contributed by atoms with Crippen molar-refractivity contribution < 1.29 is 14.7 Å². The van der Waals surface area contributed by atoms with Crippen LogP contribution < -0.4 is 5.32 Å². The molecule has 4 heterocycles. The zero-order valence-electron chi connectivity index (χ0n) is 21.9. The highest BCUT2D eigenvalue weighted by atomic mass is 16.3. The van der Waals surface area contributed by atoms with E-state index in [4.69, 9.17) is 0 Å². The lowest BCUT2D eigenvalue weighted by atomic mass is 9.83. The van der Waals surface area contributed by atoms with E-state index in [9.17, 15) is 14.7 Å². The number of nitrogens with zero attached hydrogens (tertiary/aromatic N) is 6. The summed E-state index contributed by atoms with van der Waals surface area (Å²) in [7, 11) is 1.83. The normalized spacial score (nSPS) is 16.0. The van der Waals surface area contributed by atoms with Gasteiger partial charge in [0.25, 0.3) is 5.91 Å². The van der Waals surface area contributed by atoms with E-state index >= 15 is 0 Å². The van der Waals surface area contributed by atoms with Crippen molar-refractivity contribution in [3.05, 3.63) is 60.7 Å². The van der Waals surface area contributed by atoms with Gasteiger partial charge in [-0.05, 0) is 76.0 Å². The summed E-state index contributed by atoms with van der Waals surface area (Å²) in [6.45, 7) is 5.98. The minimum absolute atomic E-state index is 0.266. The molecule has 0 saturated carbocycles. The molecule has 3 aromatic heterocycles. The lowest BCUT2D eigenvalue weighted by Gasteiger charge is -2.38. The Hall–Kier alpha value is -3.89. The Balaban J connectivity index is 1.26. The van der Waals surface area contributed by atoms with Crippen LogP contribution in [0.2, 0.25) is 0 Å². The highest BCUT2D eigenvalue weighted by Crippen LogP contribution is 2.28. The molecule has 0 radical (unpaired) electrons. The molecule has 10 nitrogen and oxygen atoms in total. The van der Waals surface area contributed by atoms with Crippen molar-refractivity contribution in [2.75, 3.05) is 25.0 Å². The number of likely N-dealkylation sites (tertiary alicyclic amines) is 1. The molecule has 0 bridgehead atoms. The smallest absolute Gasteiger partial charge is 0.274 e. The van der Waals surface area contributed by atoms with Gasteiger partial charge >= 0.3 is 0 Å². The number of carbonyl (C=O) groups excluding carboxylic acids is 2. The Morgan fingerprint density at radius 3 is 2.68 bits per heavy atom. The van der Waals surface area contributed by atoms with Crippen molar-refractivity contribution in [3.8, 4) is 11.3 Å². The van der Waals surface area contributed by atoms with Gasteiger partial charge in [-0.3, -0.25) is 14.2 Å². The number of carbonyl (C=O) groups is 2. The van der Waals surface area contributed by atoms with E-state index in [1.165, 1.54) is 0 Å². The number of benzene rings is 1. The molecule has 1 fully saturated rings. The molecular formula is C28H33N7O3. The lowest BCUT2D eigenvalue weighted by molar-refractivity contribution is -0.111. The van der Waals surface area contributed by atoms with Crippen LogP contribution in [0.25, 0.3) is 22.2 Å². The minimum atomic E-state index is -0.679. The first kappa shape index (κ1) is 25.7. The Labute approximate surface area is 221 Å². The first-order valence-electron chi connectivity index (χ1n) is 12.9. The summed E-state index contributed by atoms with van der Waals surface area (Å²) >= 11 is 0. The number of aromatic nitrogens is 5. The van der Waals surface area contributed by atoms with Crippen LogP contribution in [-0.2, 0) is 11.8 Å². The van der Waals surface area contributed by atoms with Crippen LogP contribution in [0.5, 0.6) is 0 Å². The van der Waals surface area contributed by atoms with Gasteiger partial charge in [0, 0.05) is 42.6 Å². The third-order valence-corrected chi connectivity index (χ3v) is 7.29. The van der Waals surface area contributed by atoms with Gasteiger partial charge in [-0.2, -0.15) is 10.2 Å². The Morgan fingerprint density at radius 2 is 2.00 bits per heavy atom. The average molecular weight is 516 g/mol. The van der Waals surface area contributed by atoms with Gasteiger partial charge in [0.2, 0.25) is 0 Å². The van der Waals surface area contributed by atoms with Gasteiger partial charge in [0.05, 0.1) is 23.0 Å². The van der Waals surface area contributed by atoms with Crippen LogP contribution in [0.15, 0.2) is 55.0 Å². The molecule has 0 spiro atoms. The number of anilines is 1. The maximum atomic E-state index is 12.9. The van der Waals surface area contributed by atoms with E-state index < -0.39 is 11.6 Å². The maximum Gasteiger partial charge on any atom is 0.274 e. The quantitative estimate of drug-likeness (QED) is 0.346. The Kier molecular flexibility index (Phi) is 7.09. The predicted molar refractivity (Wildman–Crippen MR) is 145 cm³/mol. The van der Waals surface area contributed by atoms with Gasteiger partial charge in [-0.1, -0.05) is 6.07 Å². The molecule has 38 heavy (non-hydrogen) atoms. The second-order valence-electron chi connectivity index (χ2n) is 10.6. The molecule has 1 amide bonds. The molecule has 4 aromatic rings. The average Bonchev–Trinajstić information content (AvgIpc) is 3.53. The Morgan fingerprint density at radius 1 is 1.21 bits per heavy atom. The number of fused-ring (bicyclic) bond motifs is 1. The molecule has 5 rings (SSSR count). The van der Waals surface area contributed by atoms with Crippen LogP contribution in [-0.4, -0.2) is 72.0 Å². The predicted octanol–water partition coefficient (Wildman–Crippen LogP) is 3.31. The van der Waals surface area contributed by atoms with E-state index in [2.05, 4.69) is 25.4 Å². The fourth-order valence-electron chi connectivity index (χ4n) is 5.04. The van der Waals surface area contributed by atoms with Crippen molar-refractivity contribution in [1.82, 2.24) is 29.4 Å². The molecule has 198 valence electrons. The summed E-state index contributed by atoms with van der Waals surface area (Å²) in [6, 6.07) is 10.4. The second kappa shape index (κ2) is 10.5.